The summed E-state index contributed by atoms with van der Waals surface area (Å²) in [5, 5.41) is 13.7. The van der Waals surface area contributed by atoms with Gasteiger partial charge >= 0.3 is 0 Å². The highest BCUT2D eigenvalue weighted by molar-refractivity contribution is 14.1. The first-order valence-electron chi connectivity index (χ1n) is 23.6. The lowest BCUT2D eigenvalue weighted by molar-refractivity contribution is 0.0817. The predicted molar refractivity (Wildman–Crippen MR) is 290 cm³/mol. The summed E-state index contributed by atoms with van der Waals surface area (Å²) >= 11 is 3.74. The molecule has 17 heteroatoms. The Morgan fingerprint density at radius 1 is 0.800 bits per heavy atom. The summed E-state index contributed by atoms with van der Waals surface area (Å²) in [5.74, 6) is -0.0515. The summed E-state index contributed by atoms with van der Waals surface area (Å²) in [6.07, 6.45) is 3.44. The van der Waals surface area contributed by atoms with Crippen LogP contribution in [0.2, 0.25) is 0 Å². The van der Waals surface area contributed by atoms with Gasteiger partial charge in [0.2, 0.25) is 0 Å². The molecule has 0 aliphatic carbocycles. The average Bonchev–Trinajstić information content (AvgIpc) is 3.66. The Hall–Kier alpha value is -4.66. The number of hydrogen-bond donors (Lipinski definition) is 3. The molecule has 6 aromatic rings. The van der Waals surface area contributed by atoms with E-state index in [1.54, 1.807) is 55.1 Å². The van der Waals surface area contributed by atoms with E-state index < -0.39 is 31.5 Å². The zero-order chi connectivity index (χ0) is 49.9. The number of piperidine rings is 1. The van der Waals surface area contributed by atoms with Crippen LogP contribution < -0.4 is 19.8 Å². The minimum absolute atomic E-state index is 0.118. The Bertz CT molecular complexity index is 3020. The first-order valence-corrected chi connectivity index (χ1v) is 29.1. The summed E-state index contributed by atoms with van der Waals surface area (Å²) in [4.78, 5) is 8.16. The normalized spacial score (nSPS) is 15.7. The van der Waals surface area contributed by atoms with Gasteiger partial charge in [0.25, 0.3) is 10.0 Å². The van der Waals surface area contributed by atoms with Gasteiger partial charge in [-0.05, 0) is 172 Å². The van der Waals surface area contributed by atoms with E-state index >= 15 is 4.39 Å². The topological polar surface area (TPSA) is 127 Å². The van der Waals surface area contributed by atoms with Gasteiger partial charge in [0.05, 0.1) is 25.2 Å². The molecule has 0 amide bonds. The van der Waals surface area contributed by atoms with Crippen LogP contribution in [-0.2, 0) is 19.9 Å². The lowest BCUT2D eigenvalue weighted by Gasteiger charge is -2.37. The molecule has 0 unspecified atom stereocenters. The van der Waals surface area contributed by atoms with Crippen LogP contribution in [0.25, 0.3) is 22.4 Å². The van der Waals surface area contributed by atoms with Crippen molar-refractivity contribution < 1.29 is 30.7 Å². The van der Waals surface area contributed by atoms with Crippen LogP contribution in [-0.4, -0.2) is 101 Å². The van der Waals surface area contributed by atoms with E-state index in [4.69, 9.17) is 0 Å². The quantitative estimate of drug-likeness (QED) is 0.0600. The van der Waals surface area contributed by atoms with Crippen molar-refractivity contribution in [1.29, 1.82) is 0 Å². The lowest BCUT2D eigenvalue weighted by Crippen LogP contribution is -2.46. The third kappa shape index (κ3) is 12.0. The zero-order valence-corrected chi connectivity index (χ0v) is 44.7. The van der Waals surface area contributed by atoms with E-state index in [0.29, 0.717) is 65.6 Å². The Morgan fingerprint density at radius 3 is 2.06 bits per heavy atom. The molecule has 0 spiro atoms. The molecule has 70 heavy (non-hydrogen) atoms. The molecule has 2 aliphatic rings. The smallest absolute Gasteiger partial charge is 0.261 e. The largest absolute Gasteiger partial charge is 0.393 e. The number of likely N-dealkylation sites (tertiary alicyclic amines) is 1. The number of thioether (sulfide) groups is 1. The van der Waals surface area contributed by atoms with Crippen LogP contribution in [0.5, 0.6) is 0 Å². The van der Waals surface area contributed by atoms with Crippen LogP contribution in [0.4, 0.5) is 31.5 Å². The van der Waals surface area contributed by atoms with E-state index in [1.165, 1.54) is 29.4 Å². The number of benzene rings is 5. The number of aliphatic hydroxyl groups is 1. The fraction of sp³-hybridized carbons (Fsp3) is 0.358. The standard InChI is InChI=1S/C53H61F2IN6O5S3/c1-35(2)62-37(4)53(69(5,64)65)50(52(62)38-11-13-39(54)14-12-38)47-32-43(33-48(55)51(47)56)61-29-27-60(28-30-61)42-17-15-40(16-18-42)58-70(66,67)46-19-20-49(36(3)31-46)57-41(34-68-45-9-7-6-8-10-45)21-24-59-25-22-44(63)23-26-59/h6-20,31-33,35,41,44,57-58,63H,21-30,34H2,1-5H3/t41-/m1/s1. The molecule has 2 fully saturated rings. The average molecular weight is 1120 g/mol. The molecule has 3 heterocycles. The zero-order valence-electron chi connectivity index (χ0n) is 40.1. The first kappa shape index (κ1) is 51.7. The second kappa shape index (κ2) is 22.0. The second-order valence-corrected chi connectivity index (χ2v) is 24.4. The van der Waals surface area contributed by atoms with E-state index in [2.05, 4.69) is 36.9 Å². The SMILES string of the molecule is Cc1cc(S(=O)(=O)Nc2ccc(N3CCN(c4cc(F)c(I)c(-c5c(S(C)(=O)=O)c(C)n(C(C)C)c5-c5ccc(F)cc5)c4)CC3)cc2)ccc1N[C@H](CCN1CCC(O)CC1)CSc1ccccc1. The minimum atomic E-state index is -3.91. The summed E-state index contributed by atoms with van der Waals surface area (Å²) in [6, 6.07) is 32.0. The maximum Gasteiger partial charge on any atom is 0.261 e. The van der Waals surface area contributed by atoms with Gasteiger partial charge in [-0.3, -0.25) is 4.72 Å². The third-order valence-corrected chi connectivity index (χ3v) is 18.1. The van der Waals surface area contributed by atoms with Crippen molar-refractivity contribution in [2.75, 3.05) is 77.7 Å². The van der Waals surface area contributed by atoms with Gasteiger partial charge in [-0.1, -0.05) is 18.2 Å². The summed E-state index contributed by atoms with van der Waals surface area (Å²) in [7, 11) is -7.72. The van der Waals surface area contributed by atoms with Gasteiger partial charge in [0.15, 0.2) is 9.84 Å². The molecule has 0 bridgehead atoms. The molecule has 0 radical (unpaired) electrons. The number of aryl methyl sites for hydroxylation is 1. The van der Waals surface area contributed by atoms with Crippen molar-refractivity contribution in [2.24, 2.45) is 0 Å². The maximum absolute atomic E-state index is 16.1. The number of hydrogen-bond acceptors (Lipinski definition) is 10. The van der Waals surface area contributed by atoms with Crippen molar-refractivity contribution >= 4 is 77.0 Å². The molecule has 8 rings (SSSR count). The van der Waals surface area contributed by atoms with Crippen molar-refractivity contribution in [2.45, 2.75) is 79.8 Å². The third-order valence-electron chi connectivity index (χ3n) is 13.2. The van der Waals surface area contributed by atoms with E-state index in [-0.39, 0.29) is 31.5 Å². The van der Waals surface area contributed by atoms with Crippen LogP contribution in [0.1, 0.15) is 50.4 Å². The molecule has 11 nitrogen and oxygen atoms in total. The minimum Gasteiger partial charge on any atom is -0.393 e. The van der Waals surface area contributed by atoms with Crippen LogP contribution >= 0.6 is 34.4 Å². The maximum atomic E-state index is 16.1. The number of aromatic nitrogens is 1. The first-order chi connectivity index (χ1) is 33.4. The van der Waals surface area contributed by atoms with Crippen LogP contribution in [0.3, 0.4) is 0 Å². The lowest BCUT2D eigenvalue weighted by atomic mass is 9.99. The van der Waals surface area contributed by atoms with Crippen LogP contribution in [0, 0.1) is 29.1 Å². The number of halogens is 3. The Morgan fingerprint density at radius 2 is 1.44 bits per heavy atom. The fourth-order valence-corrected chi connectivity index (χ4v) is 13.6. The summed E-state index contributed by atoms with van der Waals surface area (Å²) in [5.41, 5.74) is 6.25. The Labute approximate surface area is 429 Å². The predicted octanol–water partition coefficient (Wildman–Crippen LogP) is 10.9. The number of nitrogens with one attached hydrogen (secondary N) is 2. The van der Waals surface area contributed by atoms with Gasteiger partial charge in [0, 0.05) is 114 Å². The Balaban J connectivity index is 0.937. The van der Waals surface area contributed by atoms with E-state index in [1.807, 2.05) is 90.4 Å². The van der Waals surface area contributed by atoms with Gasteiger partial charge in [-0.2, -0.15) is 0 Å². The molecule has 0 saturated carbocycles. The van der Waals surface area contributed by atoms with Crippen molar-refractivity contribution in [3.63, 3.8) is 0 Å². The Kier molecular flexibility index (Phi) is 16.2. The molecule has 2 saturated heterocycles. The number of rotatable bonds is 17. The number of aliphatic hydroxyl groups excluding tert-OH is 1. The van der Waals surface area contributed by atoms with Gasteiger partial charge < -0.3 is 29.7 Å². The van der Waals surface area contributed by atoms with Gasteiger partial charge in [-0.25, -0.2) is 25.6 Å². The molecule has 372 valence electrons. The molecular weight excluding hydrogens is 1060 g/mol. The number of anilines is 4. The van der Waals surface area contributed by atoms with Crippen molar-refractivity contribution in [3.05, 3.63) is 136 Å². The second-order valence-electron chi connectivity index (χ2n) is 18.6. The van der Waals surface area contributed by atoms with E-state index in [9.17, 15) is 26.3 Å². The molecule has 3 N–H and O–H groups in total. The van der Waals surface area contributed by atoms with Crippen molar-refractivity contribution in [3.8, 4) is 22.4 Å². The highest BCUT2D eigenvalue weighted by Gasteiger charge is 2.32. The molecule has 5 aromatic carbocycles. The highest BCUT2D eigenvalue weighted by atomic mass is 127. The molecule has 1 atom stereocenters. The monoisotopic (exact) mass is 1120 g/mol. The van der Waals surface area contributed by atoms with Crippen LogP contribution in [0.15, 0.2) is 124 Å². The fourth-order valence-electron chi connectivity index (χ4n) is 9.62. The number of nitrogens with zero attached hydrogens (tertiary/aromatic N) is 4. The number of piperazine rings is 1. The van der Waals surface area contributed by atoms with Gasteiger partial charge in [-0.15, -0.1) is 11.8 Å². The van der Waals surface area contributed by atoms with E-state index in [0.717, 1.165) is 61.6 Å². The molecule has 1 aromatic heterocycles. The number of sulfonamides is 1. The van der Waals surface area contributed by atoms with Gasteiger partial charge in [0.1, 0.15) is 11.6 Å². The summed E-state index contributed by atoms with van der Waals surface area (Å²) in [6.45, 7) is 12.6. The van der Waals surface area contributed by atoms with Crippen molar-refractivity contribution in [1.82, 2.24) is 9.47 Å². The highest BCUT2D eigenvalue weighted by Crippen LogP contribution is 2.46. The number of sulfone groups is 1. The molecule has 2 aliphatic heterocycles. The molecular formula is C53H61F2IN6O5S3. The summed E-state index contributed by atoms with van der Waals surface area (Å²) < 4.78 is 89.8.